The van der Waals surface area contributed by atoms with Gasteiger partial charge < -0.3 is 9.88 Å². The summed E-state index contributed by atoms with van der Waals surface area (Å²) in [5, 5.41) is 0.351. The lowest BCUT2D eigenvalue weighted by Crippen LogP contribution is -2.66. The van der Waals surface area contributed by atoms with Crippen molar-refractivity contribution in [2.75, 3.05) is 11.4 Å². The largest absolute Gasteiger partial charge is 0.511 e. The van der Waals surface area contributed by atoms with Crippen molar-refractivity contribution in [1.29, 1.82) is 0 Å². The minimum atomic E-state index is -5.49. The molecule has 0 radical (unpaired) electrons. The van der Waals surface area contributed by atoms with Crippen LogP contribution in [0, 0.1) is 18.3 Å². The van der Waals surface area contributed by atoms with Gasteiger partial charge in [0.1, 0.15) is 5.82 Å². The van der Waals surface area contributed by atoms with Crippen LogP contribution in [-0.2, 0) is 23.1 Å². The van der Waals surface area contributed by atoms with Crippen LogP contribution >= 0.6 is 11.6 Å². The van der Waals surface area contributed by atoms with Crippen molar-refractivity contribution in [3.63, 3.8) is 0 Å². The molecule has 2 heterocycles. The zero-order chi connectivity index (χ0) is 22.2. The maximum absolute atomic E-state index is 13.5. The van der Waals surface area contributed by atoms with Crippen LogP contribution in [0.1, 0.15) is 36.3 Å². The van der Waals surface area contributed by atoms with Crippen LogP contribution in [0.3, 0.4) is 0 Å². The fourth-order valence-corrected chi connectivity index (χ4v) is 6.55. The van der Waals surface area contributed by atoms with E-state index in [1.165, 1.54) is 0 Å². The average molecular weight is 475 g/mol. The molecular formula is C20H22ClF3N4O2S. The Morgan fingerprint density at radius 1 is 1.29 bits per heavy atom. The van der Waals surface area contributed by atoms with Gasteiger partial charge in [-0.1, -0.05) is 11.6 Å². The van der Waals surface area contributed by atoms with Gasteiger partial charge in [-0.3, -0.25) is 0 Å². The van der Waals surface area contributed by atoms with E-state index in [2.05, 4.69) is 14.9 Å². The maximum Gasteiger partial charge on any atom is 0.511 e. The van der Waals surface area contributed by atoms with Crippen LogP contribution in [0.2, 0.25) is 5.02 Å². The van der Waals surface area contributed by atoms with Crippen LogP contribution in [0.5, 0.6) is 0 Å². The summed E-state index contributed by atoms with van der Waals surface area (Å²) in [6.45, 7) is 1.64. The fourth-order valence-electron chi connectivity index (χ4n) is 5.41. The van der Waals surface area contributed by atoms with Crippen LogP contribution in [0.4, 0.5) is 18.9 Å². The molecule has 6 rings (SSSR count). The molecule has 1 atom stereocenters. The number of alkyl halides is 3. The van der Waals surface area contributed by atoms with Crippen molar-refractivity contribution in [3.05, 3.63) is 46.5 Å². The van der Waals surface area contributed by atoms with Crippen LogP contribution in [0.15, 0.2) is 24.4 Å². The molecule has 1 aromatic heterocycles. The van der Waals surface area contributed by atoms with E-state index in [1.54, 1.807) is 24.4 Å². The topological polar surface area (TPSA) is 69.3 Å². The molecule has 1 N–H and O–H groups in total. The molecule has 0 amide bonds. The molecule has 168 valence electrons. The van der Waals surface area contributed by atoms with Crippen molar-refractivity contribution in [2.45, 2.75) is 50.8 Å². The summed E-state index contributed by atoms with van der Waals surface area (Å²) in [4.78, 5) is 9.47. The highest BCUT2D eigenvalue weighted by atomic mass is 35.5. The Bertz CT molecular complexity index is 1120. The third-order valence-electron chi connectivity index (χ3n) is 6.97. The Kier molecular flexibility index (Phi) is 4.66. The van der Waals surface area contributed by atoms with Gasteiger partial charge in [0, 0.05) is 29.8 Å². The van der Waals surface area contributed by atoms with Gasteiger partial charge in [-0.2, -0.15) is 17.5 Å². The molecule has 11 heteroatoms. The number of nitrogens with zero attached hydrogens (tertiary/aromatic N) is 3. The van der Waals surface area contributed by atoms with Crippen molar-refractivity contribution in [3.8, 4) is 0 Å². The monoisotopic (exact) mass is 474 g/mol. The Hall–Kier alpha value is -1.78. The minimum absolute atomic E-state index is 0.166. The maximum atomic E-state index is 13.5. The first-order valence-electron chi connectivity index (χ1n) is 10.1. The summed E-state index contributed by atoms with van der Waals surface area (Å²) >= 11 is 6.14. The van der Waals surface area contributed by atoms with Crippen molar-refractivity contribution >= 4 is 27.3 Å². The van der Waals surface area contributed by atoms with E-state index in [-0.39, 0.29) is 24.5 Å². The Morgan fingerprint density at radius 2 is 2.00 bits per heavy atom. The number of aromatic nitrogens is 2. The zero-order valence-electron chi connectivity index (χ0n) is 16.8. The molecule has 1 aromatic carbocycles. The van der Waals surface area contributed by atoms with Crippen LogP contribution in [-0.4, -0.2) is 40.8 Å². The fraction of sp³-hybridized carbons (Fsp3) is 0.550. The number of aryl methyl sites for hydroxylation is 1. The second kappa shape index (κ2) is 6.86. The van der Waals surface area contributed by atoms with Gasteiger partial charge in [-0.05, 0) is 61.3 Å². The van der Waals surface area contributed by atoms with Gasteiger partial charge in [0.2, 0.25) is 0 Å². The number of nitrogens with one attached hydrogen (secondary N) is 1. The molecule has 1 aliphatic heterocycles. The predicted molar refractivity (Wildman–Crippen MR) is 110 cm³/mol. The second-order valence-corrected chi connectivity index (χ2v) is 11.4. The quantitative estimate of drug-likeness (QED) is 0.720. The minimum Gasteiger partial charge on any atom is -0.361 e. The molecule has 1 unspecified atom stereocenters. The first-order valence-corrected chi connectivity index (χ1v) is 11.9. The number of fused-ring (bicyclic) bond motifs is 1. The molecule has 31 heavy (non-hydrogen) atoms. The molecule has 3 fully saturated rings. The molecule has 3 aliphatic carbocycles. The van der Waals surface area contributed by atoms with E-state index in [9.17, 15) is 21.6 Å². The SMILES string of the molecule is Cc1ncc(CN2c3ccc(Cl)cc3CN(S(=O)(=O)C(F)(F)F)CC2C23CC(C2)C3)[nH]1. The smallest absolute Gasteiger partial charge is 0.361 e. The van der Waals surface area contributed by atoms with Crippen molar-refractivity contribution < 1.29 is 21.6 Å². The second-order valence-electron chi connectivity index (χ2n) is 8.99. The van der Waals surface area contributed by atoms with Crippen LogP contribution in [0.25, 0.3) is 0 Å². The number of sulfonamides is 1. The summed E-state index contributed by atoms with van der Waals surface area (Å²) in [5.41, 5.74) is -3.52. The molecule has 3 saturated carbocycles. The number of rotatable bonds is 4. The van der Waals surface area contributed by atoms with Gasteiger partial charge in [0.05, 0.1) is 18.4 Å². The summed E-state index contributed by atoms with van der Waals surface area (Å²) < 4.78 is 66.0. The number of benzene rings is 1. The molecule has 2 aromatic rings. The number of hydrogen-bond donors (Lipinski definition) is 1. The number of halogens is 4. The van der Waals surface area contributed by atoms with E-state index in [1.807, 2.05) is 6.92 Å². The Balaban J connectivity index is 1.62. The highest BCUT2D eigenvalue weighted by Gasteiger charge is 2.63. The molecular weight excluding hydrogens is 453 g/mol. The van der Waals surface area contributed by atoms with Gasteiger partial charge in [-0.15, -0.1) is 0 Å². The lowest BCUT2D eigenvalue weighted by molar-refractivity contribution is -0.129. The lowest BCUT2D eigenvalue weighted by atomic mass is 9.41. The summed E-state index contributed by atoms with van der Waals surface area (Å²) in [6.07, 6.45) is 4.45. The van der Waals surface area contributed by atoms with Gasteiger partial charge >= 0.3 is 15.5 Å². The van der Waals surface area contributed by atoms with E-state index in [0.717, 1.165) is 30.8 Å². The Morgan fingerprint density at radius 3 is 2.55 bits per heavy atom. The molecule has 6 nitrogen and oxygen atoms in total. The first kappa shape index (κ1) is 21.1. The summed E-state index contributed by atoms with van der Waals surface area (Å²) in [6, 6.07) is 4.66. The van der Waals surface area contributed by atoms with E-state index in [4.69, 9.17) is 11.6 Å². The molecule has 2 bridgehead atoms. The average Bonchev–Trinajstić information content (AvgIpc) is 2.93. The van der Waals surface area contributed by atoms with Crippen molar-refractivity contribution in [1.82, 2.24) is 14.3 Å². The Labute approximate surface area is 183 Å². The summed E-state index contributed by atoms with van der Waals surface area (Å²) in [5.74, 6) is 1.33. The molecule has 0 spiro atoms. The number of aromatic amines is 1. The normalized spacial score (nSPS) is 28.5. The van der Waals surface area contributed by atoms with Crippen molar-refractivity contribution in [2.24, 2.45) is 11.3 Å². The standard InChI is InChI=1S/C20H22ClF3N4O2S/c1-12-25-8-16(26-12)10-28-17-3-2-15(21)4-14(17)9-27(31(29,30)20(22,23)24)11-18(28)19-5-13(6-19)7-19/h2-4,8,13,18H,5-7,9-11H2,1H3,(H,25,26). The summed E-state index contributed by atoms with van der Waals surface area (Å²) in [7, 11) is -5.49. The van der Waals surface area contributed by atoms with Gasteiger partial charge in [0.25, 0.3) is 0 Å². The number of hydrogen-bond acceptors (Lipinski definition) is 4. The predicted octanol–water partition coefficient (Wildman–Crippen LogP) is 4.21. The van der Waals surface area contributed by atoms with E-state index in [0.29, 0.717) is 33.0 Å². The van der Waals surface area contributed by atoms with Gasteiger partial charge in [-0.25, -0.2) is 13.4 Å². The third-order valence-corrected chi connectivity index (χ3v) is 8.75. The number of H-pyrrole nitrogens is 1. The molecule has 4 aliphatic rings. The van der Waals surface area contributed by atoms with E-state index < -0.39 is 15.5 Å². The first-order chi connectivity index (χ1) is 14.5. The lowest BCUT2D eigenvalue weighted by Gasteiger charge is -2.67. The number of imidazole rings is 1. The molecule has 0 saturated heterocycles. The highest BCUT2D eigenvalue weighted by molar-refractivity contribution is 7.89. The zero-order valence-corrected chi connectivity index (χ0v) is 18.4. The highest BCUT2D eigenvalue weighted by Crippen LogP contribution is 2.67. The van der Waals surface area contributed by atoms with Gasteiger partial charge in [0.15, 0.2) is 0 Å². The van der Waals surface area contributed by atoms with Crippen LogP contribution < -0.4 is 4.90 Å². The third kappa shape index (κ3) is 3.34. The van der Waals surface area contributed by atoms with E-state index >= 15 is 0 Å². The number of anilines is 1.